The van der Waals surface area contributed by atoms with Gasteiger partial charge in [0, 0.05) is 64.2 Å². The van der Waals surface area contributed by atoms with Crippen molar-refractivity contribution in [3.63, 3.8) is 0 Å². The number of nitrogens with one attached hydrogen (secondary N) is 5. The van der Waals surface area contributed by atoms with Crippen LogP contribution in [-0.4, -0.2) is 122 Å². The Morgan fingerprint density at radius 3 is 1.18 bits per heavy atom. The number of aryl methyl sites for hydroxylation is 3. The fraction of sp³-hybridized carbons (Fsp3) is 0.209. The second kappa shape index (κ2) is 62.1. The number of anilines is 5. The molecule has 0 bridgehead atoms. The van der Waals surface area contributed by atoms with Crippen LogP contribution in [0, 0.1) is 244 Å². The molecule has 5 amide bonds. The van der Waals surface area contributed by atoms with Gasteiger partial charge in [-0.2, -0.15) is 5.26 Å². The number of hydrogen-bond acceptors (Lipinski definition) is 25. The number of benzene rings is 3. The van der Waals surface area contributed by atoms with Crippen molar-refractivity contribution in [2.75, 3.05) is 52.9 Å². The first-order valence-electron chi connectivity index (χ1n) is 42.1. The van der Waals surface area contributed by atoms with Crippen LogP contribution < -0.4 is 32.7 Å². The molecule has 0 spiro atoms. The summed E-state index contributed by atoms with van der Waals surface area (Å²) in [5, 5.41) is 50.1. The van der Waals surface area contributed by atoms with E-state index in [0.29, 0.717) is 83.1 Å². The number of alkyl halides is 1. The third-order valence-electron chi connectivity index (χ3n) is 17.3. The molecule has 14 rings (SSSR count). The summed E-state index contributed by atoms with van der Waals surface area (Å²) in [6, 6.07) is 36.9. The quantitative estimate of drug-likeness (QED) is 0.0401. The largest absolute Gasteiger partial charge is 0.444 e. The Balaban J connectivity index is 0.000000265. The van der Waals surface area contributed by atoms with Gasteiger partial charge in [0.1, 0.15) is 62.2 Å². The van der Waals surface area contributed by atoms with Crippen molar-refractivity contribution in [2.24, 2.45) is 0 Å². The van der Waals surface area contributed by atoms with Gasteiger partial charge in [-0.15, -0.1) is 122 Å². The Kier molecular flexibility index (Phi) is 49.4. The van der Waals surface area contributed by atoms with Crippen LogP contribution in [0.3, 0.4) is 0 Å². The number of nitrogens with zero attached hydrogens (tertiary/aromatic N) is 11. The average molecular weight is 2030 g/mol. The highest BCUT2D eigenvalue weighted by atomic mass is 35.5. The number of ether oxygens (including phenoxy) is 2. The van der Waals surface area contributed by atoms with Gasteiger partial charge in [0.2, 0.25) is 21.3 Å². The van der Waals surface area contributed by atoms with Crippen LogP contribution in [0.1, 0.15) is 133 Å². The summed E-state index contributed by atoms with van der Waals surface area (Å²) in [6.07, 6.45) is 33.3. The molecule has 33 heteroatoms. The van der Waals surface area contributed by atoms with Crippen LogP contribution in [0.25, 0.3) is 52.1 Å². The van der Waals surface area contributed by atoms with E-state index in [0.717, 1.165) is 127 Å². The molecule has 3 aliphatic rings. The zero-order valence-electron chi connectivity index (χ0n) is 78.2. The van der Waals surface area contributed by atoms with Gasteiger partial charge in [0.25, 0.3) is 11.8 Å². The molecule has 0 atom stereocenters. The summed E-state index contributed by atoms with van der Waals surface area (Å²) in [6.45, 7) is 18.3. The number of thiophene rings is 2. The van der Waals surface area contributed by atoms with Crippen molar-refractivity contribution in [2.45, 2.75) is 125 Å². The first-order chi connectivity index (χ1) is 68.6. The minimum Gasteiger partial charge on any atom is -0.444 e. The van der Waals surface area contributed by atoms with E-state index in [2.05, 4.69) is 265 Å². The summed E-state index contributed by atoms with van der Waals surface area (Å²) < 4.78 is 11.4. The van der Waals surface area contributed by atoms with Crippen molar-refractivity contribution in [3.05, 3.63) is 163 Å². The van der Waals surface area contributed by atoms with Gasteiger partial charge in [0.15, 0.2) is 0 Å². The van der Waals surface area contributed by atoms with Gasteiger partial charge < -0.3 is 41.0 Å². The SMILES string of the molecule is C#CC.C#CC#CC#CC#CC#C.C#CC#CC#CC#CC#CC#CC.C#CC#CC#CC#CC#CC#CC#C.CC(C)(C)OC(=O)N1CCCc2[nH]c(=S)c(C#N)cc2C1.CC(C)(C)OC(=O)N1CCCc2nc3sc(C(=O)Nc4nnc(-c5ccccc5)s4)c(N)c3cc2C1.Cl.Nc1c(C(=O)Nc2nnc(-c3ccccc3)s2)sc2nc3c(cc12)CNCCC3.O=C(CCl)Nc1nnc(-c2ccccc2)s1. The summed E-state index contributed by atoms with van der Waals surface area (Å²) in [7, 11) is 0. The Hall–Kier alpha value is -17.8. The summed E-state index contributed by atoms with van der Waals surface area (Å²) >= 11 is 17.0. The fourth-order valence-corrected chi connectivity index (χ4v) is 16.1. The lowest BCUT2D eigenvalue weighted by Gasteiger charge is -2.26. The normalized spacial score (nSPS) is 10.6. The molecule has 143 heavy (non-hydrogen) atoms. The number of carbonyl (C=O) groups excluding carboxylic acids is 5. The highest BCUT2D eigenvalue weighted by molar-refractivity contribution is 7.71. The lowest BCUT2D eigenvalue weighted by atomic mass is 10.1. The van der Waals surface area contributed by atoms with E-state index < -0.39 is 11.2 Å². The Bertz CT molecular complexity index is 7720. The number of H-pyrrole nitrogens is 1. The molecule has 9 N–H and O–H groups in total. The van der Waals surface area contributed by atoms with Crippen molar-refractivity contribution in [1.29, 1.82) is 5.26 Å². The number of carbonyl (C=O) groups is 5. The Labute approximate surface area is 868 Å². The smallest absolute Gasteiger partial charge is 0.410 e. The zero-order valence-corrected chi connectivity index (χ0v) is 84.7. The summed E-state index contributed by atoms with van der Waals surface area (Å²) in [5.74, 6) is 74.9. The summed E-state index contributed by atoms with van der Waals surface area (Å²) in [5.41, 5.74) is 21.8. The highest BCUT2D eigenvalue weighted by Gasteiger charge is 2.30. The zero-order chi connectivity index (χ0) is 103. The van der Waals surface area contributed by atoms with Crippen LogP contribution in [-0.2, 0) is 53.2 Å². The molecule has 0 saturated carbocycles. The van der Waals surface area contributed by atoms with Crippen LogP contribution in [0.15, 0.2) is 109 Å². The predicted molar refractivity (Wildman–Crippen MR) is 578 cm³/mol. The van der Waals surface area contributed by atoms with Gasteiger partial charge in [0.05, 0.1) is 30.0 Å². The topological polar surface area (TPSA) is 353 Å². The number of aromatic nitrogens is 9. The standard InChI is InChI=1S/C25H26N6O3S2.C20H18N6OS2.C15H19N3O2S.C14H2.C13H4.C10H8ClN3OS.C10H2.C3H4.ClH/c1-25(2,3)34-24(33)31-11-7-10-17-15(13-31)12-16-18(26)19(35-22(16)27-17)20(32)28-23-30-29-21(36-23)14-8-5-4-6-9-14;21-15-13-9-12-10-22-8-4-7-14(12)23-19(13)28-16(15)17(27)24-20-26-25-18(29-20)11-5-2-1-3-6-11;1-15(2,3)20-14(19)18-6-4-5-12-11(9-18)7-10(8-16)13(21)17-12;1-3-5-7-9-11-13-14-12-10-8-6-4-2;1-3-5-7-9-11-13-12-10-8-6-4-2;11-6-8(15)12-10-14-13-9(16-10)7-4-2-1-3-5-7;1-3-5-7-9-10-8-6-4-2;1-3-2;/h4-6,8-9,12H,7,10-11,13,26H2,1-3H3,(H,28,30,32);1-3,5-6,9,22H,4,7-8,10,21H2,(H,24,26,27);7H,4-6,9H2,1-3H3,(H,17,21);1-2H;1H,2H3;1-5H,6H2,(H,12,14,15);1-2H;1H,2H3;1H. The van der Waals surface area contributed by atoms with Crippen LogP contribution >= 0.6 is 92.9 Å². The van der Waals surface area contributed by atoms with Crippen LogP contribution in [0.4, 0.5) is 36.4 Å². The number of terminal acetylenes is 6. The molecular weight excluding hydrogens is 1950 g/mol. The maximum atomic E-state index is 13.1. The number of nitrogen functional groups attached to an aromatic ring is 2. The monoisotopic (exact) mass is 2030 g/mol. The van der Waals surface area contributed by atoms with Crippen LogP contribution in [0.5, 0.6) is 0 Å². The first-order valence-corrected chi connectivity index (χ1v) is 47.1. The molecule has 0 saturated heterocycles. The second-order valence-corrected chi connectivity index (χ2v) is 35.4. The van der Waals surface area contributed by atoms with E-state index in [1.165, 1.54) is 56.7 Å². The van der Waals surface area contributed by atoms with E-state index in [1.807, 2.05) is 139 Å². The van der Waals surface area contributed by atoms with Crippen molar-refractivity contribution >= 4 is 170 Å². The molecule has 0 radical (unpaired) electrons. The minimum absolute atomic E-state index is 0. The van der Waals surface area contributed by atoms with Gasteiger partial charge in [-0.1, -0.05) is 143 Å². The molecule has 3 aromatic carbocycles. The lowest BCUT2D eigenvalue weighted by Crippen LogP contribution is -2.36. The predicted octanol–water partition coefficient (Wildman–Crippen LogP) is 16.9. The van der Waals surface area contributed by atoms with Gasteiger partial charge >= 0.3 is 12.2 Å². The number of halogens is 2. The molecule has 11 aromatic rings. The molecule has 11 heterocycles. The van der Waals surface area contributed by atoms with E-state index in [-0.39, 0.29) is 48.2 Å². The van der Waals surface area contributed by atoms with E-state index in [9.17, 15) is 24.0 Å². The van der Waals surface area contributed by atoms with Gasteiger partial charge in [-0.05, 0) is 313 Å². The maximum absolute atomic E-state index is 13.1. The molecule has 25 nitrogen and oxygen atoms in total. The lowest BCUT2D eigenvalue weighted by molar-refractivity contribution is -0.114. The Morgan fingerprint density at radius 2 is 0.818 bits per heavy atom. The molecule has 8 aromatic heterocycles. The number of fused-ring (bicyclic) bond motifs is 5. The van der Waals surface area contributed by atoms with Crippen molar-refractivity contribution in [1.82, 2.24) is 60.7 Å². The molecule has 0 fully saturated rings. The summed E-state index contributed by atoms with van der Waals surface area (Å²) in [4.78, 5) is 80.2. The number of aromatic amines is 1. The number of pyridine rings is 3. The maximum Gasteiger partial charge on any atom is 0.410 e. The molecule has 706 valence electrons. The Morgan fingerprint density at radius 1 is 0.476 bits per heavy atom. The van der Waals surface area contributed by atoms with Gasteiger partial charge in [-0.25, -0.2) is 19.6 Å². The number of nitriles is 1. The van der Waals surface area contributed by atoms with E-state index in [4.69, 9.17) is 92.1 Å². The molecule has 0 unspecified atom stereocenters. The number of hydrogen-bond donors (Lipinski definition) is 7. The highest BCUT2D eigenvalue weighted by Crippen LogP contribution is 2.39. The number of rotatable bonds is 9. The van der Waals surface area contributed by atoms with E-state index in [1.54, 1.807) is 29.7 Å². The van der Waals surface area contributed by atoms with Crippen molar-refractivity contribution in [3.8, 4) is 266 Å². The number of amides is 5. The van der Waals surface area contributed by atoms with Gasteiger partial charge in [-0.3, -0.25) is 30.3 Å². The molecular formula is C110H84Cl2N18O7S6. The fourth-order valence-electron chi connectivity index (χ4n) is 11.6. The average Bonchev–Trinajstić information content (AvgIpc) is 1.62. The number of nitrogens with two attached hydrogens (primary N) is 2. The molecule has 3 aliphatic heterocycles. The third-order valence-corrected chi connectivity index (χ3v) is 22.8. The minimum atomic E-state index is -0.566. The van der Waals surface area contributed by atoms with E-state index >= 15 is 0 Å². The van der Waals surface area contributed by atoms with Crippen molar-refractivity contribution < 1.29 is 33.4 Å². The molecule has 0 aliphatic carbocycles. The third kappa shape index (κ3) is 40.0. The first kappa shape index (κ1) is 114. The second-order valence-electron chi connectivity index (χ2n) is 29.8. The van der Waals surface area contributed by atoms with Crippen LogP contribution in [0.2, 0.25) is 0 Å².